The Morgan fingerprint density at radius 2 is 1.79 bits per heavy atom. The normalized spacial score (nSPS) is 16.3. The van der Waals surface area contributed by atoms with Gasteiger partial charge in [-0.25, -0.2) is 0 Å². The van der Waals surface area contributed by atoms with E-state index in [0.717, 1.165) is 19.0 Å². The molecule has 2 heteroatoms. The molecular formula is C12H27NO. The highest BCUT2D eigenvalue weighted by Crippen LogP contribution is 2.18. The van der Waals surface area contributed by atoms with E-state index in [-0.39, 0.29) is 0 Å². The topological polar surface area (TPSA) is 12.5 Å². The average molecular weight is 201 g/mol. The molecule has 0 heterocycles. The van der Waals surface area contributed by atoms with Crippen LogP contribution in [0, 0.1) is 11.8 Å². The Kier molecular flexibility index (Phi) is 7.20. The van der Waals surface area contributed by atoms with Gasteiger partial charge in [-0.05, 0) is 38.8 Å². The molecule has 0 aromatic carbocycles. The lowest BCUT2D eigenvalue weighted by atomic mass is 9.92. The molecule has 0 saturated heterocycles. The first-order chi connectivity index (χ1) is 6.51. The summed E-state index contributed by atoms with van der Waals surface area (Å²) in [5.41, 5.74) is 0. The first-order valence-corrected chi connectivity index (χ1v) is 5.72. The predicted molar refractivity (Wildman–Crippen MR) is 62.6 cm³/mol. The minimum Gasteiger partial charge on any atom is -0.381 e. The summed E-state index contributed by atoms with van der Waals surface area (Å²) in [6.07, 6.45) is 1.62. The smallest absolute Gasteiger partial charge is 0.0583 e. The zero-order valence-electron chi connectivity index (χ0n) is 10.7. The van der Waals surface area contributed by atoms with Gasteiger partial charge in [0.2, 0.25) is 0 Å². The van der Waals surface area contributed by atoms with E-state index >= 15 is 0 Å². The molecule has 0 spiro atoms. The van der Waals surface area contributed by atoms with Gasteiger partial charge in [-0.2, -0.15) is 0 Å². The van der Waals surface area contributed by atoms with Gasteiger partial charge in [-0.1, -0.05) is 20.8 Å². The Balaban J connectivity index is 4.09. The molecular weight excluding hydrogens is 174 g/mol. The standard InChI is InChI=1S/C12H27NO/c1-7-13(5)9-12(8-10(2)3)11(4)14-6/h10-12H,7-9H2,1-6H3. The van der Waals surface area contributed by atoms with Crippen molar-refractivity contribution in [1.29, 1.82) is 0 Å². The van der Waals surface area contributed by atoms with Crippen LogP contribution in [0.2, 0.25) is 0 Å². The van der Waals surface area contributed by atoms with Gasteiger partial charge < -0.3 is 9.64 Å². The third-order valence-corrected chi connectivity index (χ3v) is 2.90. The summed E-state index contributed by atoms with van der Waals surface area (Å²) in [4.78, 5) is 2.36. The monoisotopic (exact) mass is 201 g/mol. The molecule has 2 atom stereocenters. The summed E-state index contributed by atoms with van der Waals surface area (Å²) in [7, 11) is 3.99. The van der Waals surface area contributed by atoms with Crippen molar-refractivity contribution < 1.29 is 4.74 Å². The summed E-state index contributed by atoms with van der Waals surface area (Å²) in [5.74, 6) is 1.41. The van der Waals surface area contributed by atoms with Crippen LogP contribution in [0.15, 0.2) is 0 Å². The van der Waals surface area contributed by atoms with Gasteiger partial charge >= 0.3 is 0 Å². The Bertz CT molecular complexity index is 136. The molecule has 0 amide bonds. The van der Waals surface area contributed by atoms with Gasteiger partial charge in [0.25, 0.3) is 0 Å². The van der Waals surface area contributed by atoms with E-state index in [1.165, 1.54) is 6.42 Å². The molecule has 0 aliphatic heterocycles. The number of rotatable bonds is 7. The van der Waals surface area contributed by atoms with Crippen LogP contribution in [0.25, 0.3) is 0 Å². The van der Waals surface area contributed by atoms with Crippen molar-refractivity contribution in [3.63, 3.8) is 0 Å². The molecule has 2 nitrogen and oxygen atoms in total. The molecule has 2 unspecified atom stereocenters. The SMILES string of the molecule is CCN(C)CC(CC(C)C)C(C)OC. The zero-order chi connectivity index (χ0) is 11.1. The fourth-order valence-electron chi connectivity index (χ4n) is 1.74. The van der Waals surface area contributed by atoms with Crippen molar-refractivity contribution in [1.82, 2.24) is 4.90 Å². The molecule has 0 radical (unpaired) electrons. The first kappa shape index (κ1) is 13.9. The lowest BCUT2D eigenvalue weighted by molar-refractivity contribution is 0.0437. The number of methoxy groups -OCH3 is 1. The summed E-state index contributed by atoms with van der Waals surface area (Å²) < 4.78 is 5.43. The molecule has 86 valence electrons. The number of nitrogens with zero attached hydrogens (tertiary/aromatic N) is 1. The van der Waals surface area contributed by atoms with Crippen LogP contribution in [-0.2, 0) is 4.74 Å². The predicted octanol–water partition coefficient (Wildman–Crippen LogP) is 2.64. The molecule has 0 aromatic rings. The lowest BCUT2D eigenvalue weighted by Crippen LogP contribution is -2.33. The maximum absolute atomic E-state index is 5.43. The average Bonchev–Trinajstić information content (AvgIpc) is 2.14. The van der Waals surface area contributed by atoms with Crippen LogP contribution in [0.3, 0.4) is 0 Å². The number of ether oxygens (including phenoxy) is 1. The van der Waals surface area contributed by atoms with Crippen LogP contribution in [0.4, 0.5) is 0 Å². The zero-order valence-corrected chi connectivity index (χ0v) is 10.7. The van der Waals surface area contributed by atoms with Crippen molar-refractivity contribution in [3.8, 4) is 0 Å². The summed E-state index contributed by atoms with van der Waals surface area (Å²) in [6.45, 7) is 11.2. The van der Waals surface area contributed by atoms with Crippen LogP contribution in [0.1, 0.15) is 34.1 Å². The second-order valence-electron chi connectivity index (χ2n) is 4.69. The molecule has 14 heavy (non-hydrogen) atoms. The first-order valence-electron chi connectivity index (χ1n) is 5.72. The molecule has 0 aromatic heterocycles. The van der Waals surface area contributed by atoms with E-state index in [4.69, 9.17) is 4.74 Å². The van der Waals surface area contributed by atoms with Gasteiger partial charge in [0.05, 0.1) is 6.10 Å². The molecule has 0 aliphatic rings. The number of hydrogen-bond acceptors (Lipinski definition) is 2. The van der Waals surface area contributed by atoms with Crippen molar-refractivity contribution >= 4 is 0 Å². The summed E-state index contributed by atoms with van der Waals surface area (Å²) >= 11 is 0. The van der Waals surface area contributed by atoms with Gasteiger partial charge in [-0.15, -0.1) is 0 Å². The van der Waals surface area contributed by atoms with E-state index in [1.54, 1.807) is 0 Å². The molecule has 0 aliphatic carbocycles. The largest absolute Gasteiger partial charge is 0.381 e. The second kappa shape index (κ2) is 7.24. The van der Waals surface area contributed by atoms with Crippen LogP contribution < -0.4 is 0 Å². The molecule has 0 rings (SSSR count). The minimum atomic E-state index is 0.367. The maximum atomic E-state index is 5.43. The fourth-order valence-corrected chi connectivity index (χ4v) is 1.74. The third-order valence-electron chi connectivity index (χ3n) is 2.90. The van der Waals surface area contributed by atoms with Crippen LogP contribution in [0.5, 0.6) is 0 Å². The third kappa shape index (κ3) is 5.61. The minimum absolute atomic E-state index is 0.367. The Labute approximate surface area is 89.6 Å². The van der Waals surface area contributed by atoms with E-state index in [0.29, 0.717) is 12.0 Å². The molecule has 0 saturated carbocycles. The van der Waals surface area contributed by atoms with E-state index in [2.05, 4.69) is 39.6 Å². The molecule has 0 bridgehead atoms. The van der Waals surface area contributed by atoms with Crippen molar-refractivity contribution in [2.45, 2.75) is 40.2 Å². The van der Waals surface area contributed by atoms with E-state index < -0.39 is 0 Å². The van der Waals surface area contributed by atoms with Gasteiger partial charge in [0.1, 0.15) is 0 Å². The Morgan fingerprint density at radius 1 is 1.21 bits per heavy atom. The molecule has 0 N–H and O–H groups in total. The van der Waals surface area contributed by atoms with E-state index in [1.807, 2.05) is 7.11 Å². The Morgan fingerprint density at radius 3 is 2.14 bits per heavy atom. The quantitative estimate of drug-likeness (QED) is 0.628. The van der Waals surface area contributed by atoms with Crippen molar-refractivity contribution in [2.24, 2.45) is 11.8 Å². The summed E-state index contributed by atoms with van der Waals surface area (Å²) in [5, 5.41) is 0. The number of hydrogen-bond donors (Lipinski definition) is 0. The van der Waals surface area contributed by atoms with Crippen molar-refractivity contribution in [2.75, 3.05) is 27.2 Å². The van der Waals surface area contributed by atoms with Crippen LogP contribution >= 0.6 is 0 Å². The van der Waals surface area contributed by atoms with E-state index in [9.17, 15) is 0 Å². The van der Waals surface area contributed by atoms with Gasteiger partial charge in [0, 0.05) is 13.7 Å². The van der Waals surface area contributed by atoms with Crippen LogP contribution in [-0.4, -0.2) is 38.3 Å². The highest BCUT2D eigenvalue weighted by molar-refractivity contribution is 4.71. The van der Waals surface area contributed by atoms with Gasteiger partial charge in [-0.3, -0.25) is 0 Å². The lowest BCUT2D eigenvalue weighted by Gasteiger charge is -2.28. The maximum Gasteiger partial charge on any atom is 0.0583 e. The fraction of sp³-hybridized carbons (Fsp3) is 1.00. The highest BCUT2D eigenvalue weighted by atomic mass is 16.5. The van der Waals surface area contributed by atoms with Gasteiger partial charge in [0.15, 0.2) is 0 Å². The summed E-state index contributed by atoms with van der Waals surface area (Å²) in [6, 6.07) is 0. The Hall–Kier alpha value is -0.0800. The second-order valence-corrected chi connectivity index (χ2v) is 4.69. The highest BCUT2D eigenvalue weighted by Gasteiger charge is 2.19. The van der Waals surface area contributed by atoms with Crippen molar-refractivity contribution in [3.05, 3.63) is 0 Å². The molecule has 0 fully saturated rings.